The van der Waals surface area contributed by atoms with Gasteiger partial charge in [0.05, 0.1) is 17.9 Å². The van der Waals surface area contributed by atoms with Crippen molar-refractivity contribution in [3.05, 3.63) is 41.5 Å². The molecule has 106 valence electrons. The molecule has 0 spiro atoms. The third-order valence-corrected chi connectivity index (χ3v) is 5.16. The van der Waals surface area contributed by atoms with E-state index >= 15 is 0 Å². The van der Waals surface area contributed by atoms with Crippen molar-refractivity contribution in [2.24, 2.45) is 0 Å². The van der Waals surface area contributed by atoms with Crippen LogP contribution in [0.5, 0.6) is 0 Å². The van der Waals surface area contributed by atoms with E-state index in [0.717, 1.165) is 5.56 Å². The summed E-state index contributed by atoms with van der Waals surface area (Å²) in [7, 11) is -2.94. The molecule has 1 saturated heterocycles. The number of hydrogen-bond acceptors (Lipinski definition) is 6. The predicted octanol–water partition coefficient (Wildman–Crippen LogP) is 1.14. The van der Waals surface area contributed by atoms with Crippen molar-refractivity contribution in [2.45, 2.75) is 18.8 Å². The molecule has 0 aliphatic carbocycles. The quantitative estimate of drug-likeness (QED) is 0.852. The van der Waals surface area contributed by atoms with Crippen molar-refractivity contribution >= 4 is 15.5 Å². The third-order valence-electron chi connectivity index (χ3n) is 3.39. The van der Waals surface area contributed by atoms with Crippen molar-refractivity contribution in [2.75, 3.05) is 17.2 Å². The molecular weight excluding hydrogens is 278 g/mol. The Hall–Kier alpha value is -1.89. The second-order valence-electron chi connectivity index (χ2n) is 5.07. The van der Waals surface area contributed by atoms with Gasteiger partial charge in [0.15, 0.2) is 15.7 Å². The van der Waals surface area contributed by atoms with E-state index in [1.54, 1.807) is 0 Å². The fourth-order valence-electron chi connectivity index (χ4n) is 2.38. The topological polar surface area (TPSA) is 99.1 Å². The van der Waals surface area contributed by atoms with Gasteiger partial charge in [-0.1, -0.05) is 17.3 Å². The van der Waals surface area contributed by atoms with Gasteiger partial charge in [-0.25, -0.2) is 8.42 Å². The maximum Gasteiger partial charge on any atom is 0.231 e. The van der Waals surface area contributed by atoms with Crippen molar-refractivity contribution in [3.8, 4) is 0 Å². The number of hydrogen-bond donors (Lipinski definition) is 1. The van der Waals surface area contributed by atoms with Crippen LogP contribution in [0.4, 0.5) is 5.69 Å². The van der Waals surface area contributed by atoms with E-state index in [1.165, 1.54) is 0 Å². The van der Waals surface area contributed by atoms with Crippen molar-refractivity contribution in [3.63, 3.8) is 0 Å². The average Bonchev–Trinajstić information content (AvgIpc) is 2.96. The molecule has 7 heteroatoms. The Morgan fingerprint density at radius 1 is 1.40 bits per heavy atom. The second-order valence-corrected chi connectivity index (χ2v) is 7.30. The molecule has 1 atom stereocenters. The molecule has 3 rings (SSSR count). The Bertz CT molecular complexity index is 724. The summed E-state index contributed by atoms with van der Waals surface area (Å²) in [5.74, 6) is 1.15. The Morgan fingerprint density at radius 2 is 2.25 bits per heavy atom. The zero-order valence-electron chi connectivity index (χ0n) is 10.8. The van der Waals surface area contributed by atoms with Crippen LogP contribution in [0.2, 0.25) is 0 Å². The molecule has 2 heterocycles. The van der Waals surface area contributed by atoms with Gasteiger partial charge < -0.3 is 10.3 Å². The third kappa shape index (κ3) is 2.82. The van der Waals surface area contributed by atoms with Gasteiger partial charge in [0.1, 0.15) is 0 Å². The molecule has 2 N–H and O–H groups in total. The van der Waals surface area contributed by atoms with Crippen LogP contribution >= 0.6 is 0 Å². The largest absolute Gasteiger partial charge is 0.399 e. The van der Waals surface area contributed by atoms with E-state index in [0.29, 0.717) is 30.2 Å². The van der Waals surface area contributed by atoms with E-state index in [2.05, 4.69) is 10.1 Å². The fraction of sp³-hybridized carbons (Fsp3) is 0.385. The Labute approximate surface area is 116 Å². The zero-order chi connectivity index (χ0) is 14.2. The molecule has 1 aliphatic rings. The first-order chi connectivity index (χ1) is 9.52. The first kappa shape index (κ1) is 13.1. The summed E-state index contributed by atoms with van der Waals surface area (Å²) in [6, 6.07) is 7.46. The van der Waals surface area contributed by atoms with E-state index in [1.807, 2.05) is 24.3 Å². The lowest BCUT2D eigenvalue weighted by atomic mass is 10.1. The SMILES string of the molecule is Nc1cccc(Cc2nc(C3CCS(=O)(=O)C3)no2)c1. The summed E-state index contributed by atoms with van der Waals surface area (Å²) < 4.78 is 28.1. The molecule has 1 aromatic heterocycles. The maximum atomic E-state index is 11.4. The number of benzene rings is 1. The first-order valence-corrected chi connectivity index (χ1v) is 8.21. The highest BCUT2D eigenvalue weighted by atomic mass is 32.2. The Kier molecular flexibility index (Phi) is 3.21. The highest BCUT2D eigenvalue weighted by Crippen LogP contribution is 2.27. The molecule has 20 heavy (non-hydrogen) atoms. The van der Waals surface area contributed by atoms with Gasteiger partial charge in [-0.3, -0.25) is 0 Å². The first-order valence-electron chi connectivity index (χ1n) is 6.39. The van der Waals surface area contributed by atoms with Gasteiger partial charge in [0, 0.05) is 11.6 Å². The van der Waals surface area contributed by atoms with Crippen LogP contribution in [0, 0.1) is 0 Å². The van der Waals surface area contributed by atoms with Gasteiger partial charge in [-0.2, -0.15) is 4.98 Å². The molecule has 1 aromatic carbocycles. The zero-order valence-corrected chi connectivity index (χ0v) is 11.6. The molecule has 1 fully saturated rings. The minimum atomic E-state index is -2.94. The molecule has 1 aliphatic heterocycles. The number of rotatable bonds is 3. The van der Waals surface area contributed by atoms with Crippen molar-refractivity contribution in [1.29, 1.82) is 0 Å². The second kappa shape index (κ2) is 4.90. The van der Waals surface area contributed by atoms with Gasteiger partial charge >= 0.3 is 0 Å². The number of nitrogens with zero attached hydrogens (tertiary/aromatic N) is 2. The minimum Gasteiger partial charge on any atom is -0.399 e. The molecule has 0 radical (unpaired) electrons. The van der Waals surface area contributed by atoms with Crippen LogP contribution in [0.3, 0.4) is 0 Å². The van der Waals surface area contributed by atoms with Gasteiger partial charge in [0.2, 0.25) is 5.89 Å². The number of nitrogens with two attached hydrogens (primary N) is 1. The lowest BCUT2D eigenvalue weighted by molar-refractivity contribution is 0.376. The van der Waals surface area contributed by atoms with Gasteiger partial charge in [0.25, 0.3) is 0 Å². The van der Waals surface area contributed by atoms with Crippen LogP contribution in [-0.2, 0) is 16.3 Å². The van der Waals surface area contributed by atoms with E-state index < -0.39 is 9.84 Å². The number of nitrogen functional groups attached to an aromatic ring is 1. The number of sulfone groups is 1. The molecule has 2 aromatic rings. The Balaban J connectivity index is 1.74. The lowest BCUT2D eigenvalue weighted by Crippen LogP contribution is -2.05. The van der Waals surface area contributed by atoms with Gasteiger partial charge in [-0.15, -0.1) is 0 Å². The van der Waals surface area contributed by atoms with E-state index in [4.69, 9.17) is 10.3 Å². The van der Waals surface area contributed by atoms with E-state index in [-0.39, 0.29) is 17.4 Å². The summed E-state index contributed by atoms with van der Waals surface area (Å²) in [4.78, 5) is 4.30. The highest BCUT2D eigenvalue weighted by Gasteiger charge is 2.32. The summed E-state index contributed by atoms with van der Waals surface area (Å²) in [6.45, 7) is 0. The number of anilines is 1. The summed E-state index contributed by atoms with van der Waals surface area (Å²) in [6.07, 6.45) is 1.07. The lowest BCUT2D eigenvalue weighted by Gasteiger charge is -1.99. The van der Waals surface area contributed by atoms with Crippen LogP contribution < -0.4 is 5.73 Å². The smallest absolute Gasteiger partial charge is 0.231 e. The van der Waals surface area contributed by atoms with E-state index in [9.17, 15) is 8.42 Å². The molecule has 0 amide bonds. The monoisotopic (exact) mass is 293 g/mol. The number of aromatic nitrogens is 2. The van der Waals surface area contributed by atoms with Crippen molar-refractivity contribution < 1.29 is 12.9 Å². The van der Waals surface area contributed by atoms with Crippen LogP contribution in [0.15, 0.2) is 28.8 Å². The normalized spacial score (nSPS) is 21.1. The molecule has 0 bridgehead atoms. The van der Waals surface area contributed by atoms with Crippen molar-refractivity contribution in [1.82, 2.24) is 10.1 Å². The molecule has 0 saturated carbocycles. The Morgan fingerprint density at radius 3 is 2.95 bits per heavy atom. The van der Waals surface area contributed by atoms with Crippen LogP contribution in [0.25, 0.3) is 0 Å². The maximum absolute atomic E-state index is 11.4. The molecule has 1 unspecified atom stereocenters. The summed E-state index contributed by atoms with van der Waals surface area (Å²) in [5, 5.41) is 3.90. The summed E-state index contributed by atoms with van der Waals surface area (Å²) in [5.41, 5.74) is 7.38. The van der Waals surface area contributed by atoms with Crippen LogP contribution in [-0.4, -0.2) is 30.1 Å². The summed E-state index contributed by atoms with van der Waals surface area (Å²) >= 11 is 0. The highest BCUT2D eigenvalue weighted by molar-refractivity contribution is 7.91. The van der Waals surface area contributed by atoms with Crippen LogP contribution in [0.1, 0.15) is 29.6 Å². The average molecular weight is 293 g/mol. The fourth-order valence-corrected chi connectivity index (χ4v) is 4.12. The predicted molar refractivity (Wildman–Crippen MR) is 74.0 cm³/mol. The standard InChI is InChI=1S/C13H15N3O3S/c14-11-3-1-2-9(6-11)7-12-15-13(16-19-12)10-4-5-20(17,18)8-10/h1-3,6,10H,4-5,7-8,14H2. The molecular formula is C13H15N3O3S. The van der Waals surface area contributed by atoms with Gasteiger partial charge in [-0.05, 0) is 24.1 Å². The minimum absolute atomic E-state index is 0.115. The molecule has 6 nitrogen and oxygen atoms in total.